The van der Waals surface area contributed by atoms with Crippen LogP contribution in [-0.2, 0) is 13.0 Å². The minimum Gasteiger partial charge on any atom is -0.312 e. The second-order valence-corrected chi connectivity index (χ2v) is 4.11. The molecule has 1 heterocycles. The van der Waals surface area contributed by atoms with Gasteiger partial charge in [-0.2, -0.15) is 0 Å². The van der Waals surface area contributed by atoms with E-state index in [0.29, 0.717) is 5.92 Å². The molecule has 1 heteroatoms. The van der Waals surface area contributed by atoms with Gasteiger partial charge in [0.05, 0.1) is 0 Å². The Bertz CT molecular complexity index is 307. The fraction of sp³-hybridized carbons (Fsp3) is 0.500. The van der Waals surface area contributed by atoms with Gasteiger partial charge in [-0.25, -0.2) is 0 Å². The van der Waals surface area contributed by atoms with Crippen LogP contribution in [0.1, 0.15) is 37.9 Å². The van der Waals surface area contributed by atoms with Gasteiger partial charge < -0.3 is 5.32 Å². The SMILES string of the molecule is CC(C)c1ccc2c(c1)CNCC2.[HH]. The fourth-order valence-electron chi connectivity index (χ4n) is 1.86. The highest BCUT2D eigenvalue weighted by Crippen LogP contribution is 2.20. The van der Waals surface area contributed by atoms with Crippen LogP contribution >= 0.6 is 0 Å². The van der Waals surface area contributed by atoms with Crippen molar-refractivity contribution in [3.05, 3.63) is 34.9 Å². The summed E-state index contributed by atoms with van der Waals surface area (Å²) in [5.41, 5.74) is 4.49. The van der Waals surface area contributed by atoms with E-state index < -0.39 is 0 Å². The maximum Gasteiger partial charge on any atom is 0.0208 e. The molecule has 0 saturated heterocycles. The van der Waals surface area contributed by atoms with Gasteiger partial charge in [-0.1, -0.05) is 32.0 Å². The minimum absolute atomic E-state index is 0. The van der Waals surface area contributed by atoms with Gasteiger partial charge in [-0.3, -0.25) is 0 Å². The van der Waals surface area contributed by atoms with Crippen molar-refractivity contribution in [2.24, 2.45) is 0 Å². The summed E-state index contributed by atoms with van der Waals surface area (Å²) >= 11 is 0. The van der Waals surface area contributed by atoms with E-state index in [1.165, 1.54) is 23.1 Å². The average Bonchev–Trinajstić information content (AvgIpc) is 2.17. The lowest BCUT2D eigenvalue weighted by Gasteiger charge is -2.18. The molecule has 72 valence electrons. The number of benzene rings is 1. The summed E-state index contributed by atoms with van der Waals surface area (Å²) in [6, 6.07) is 6.92. The fourth-order valence-corrected chi connectivity index (χ4v) is 1.86. The lowest BCUT2D eigenvalue weighted by Crippen LogP contribution is -2.23. The summed E-state index contributed by atoms with van der Waals surface area (Å²) in [7, 11) is 0. The molecule has 0 aliphatic carbocycles. The van der Waals surface area contributed by atoms with E-state index in [2.05, 4.69) is 37.4 Å². The lowest BCUT2D eigenvalue weighted by atomic mass is 9.94. The van der Waals surface area contributed by atoms with Crippen molar-refractivity contribution >= 4 is 0 Å². The number of nitrogens with one attached hydrogen (secondary N) is 1. The zero-order chi connectivity index (χ0) is 9.26. The van der Waals surface area contributed by atoms with Crippen molar-refractivity contribution in [2.45, 2.75) is 32.7 Å². The summed E-state index contributed by atoms with van der Waals surface area (Å²) in [6.45, 7) is 6.68. The first kappa shape index (κ1) is 8.76. The van der Waals surface area contributed by atoms with Gasteiger partial charge in [-0.15, -0.1) is 0 Å². The van der Waals surface area contributed by atoms with Gasteiger partial charge in [0.1, 0.15) is 0 Å². The summed E-state index contributed by atoms with van der Waals surface area (Å²) in [5, 5.41) is 3.41. The maximum atomic E-state index is 3.41. The predicted octanol–water partition coefficient (Wildman–Crippen LogP) is 2.70. The molecule has 1 aliphatic heterocycles. The standard InChI is InChI=1S/C12H17N.H2/c1-9(2)11-4-3-10-5-6-13-8-12(10)7-11;/h3-4,7,9,13H,5-6,8H2,1-2H3;1H. The molecule has 1 aliphatic rings. The average molecular weight is 177 g/mol. The molecule has 1 aromatic carbocycles. The summed E-state index contributed by atoms with van der Waals surface area (Å²) in [6.07, 6.45) is 1.19. The van der Waals surface area contributed by atoms with Crippen LogP contribution in [0.4, 0.5) is 0 Å². The third kappa shape index (κ3) is 1.75. The van der Waals surface area contributed by atoms with Crippen molar-refractivity contribution in [1.29, 1.82) is 0 Å². The number of rotatable bonds is 1. The Morgan fingerprint density at radius 3 is 2.92 bits per heavy atom. The molecular formula is C12H19N. The Morgan fingerprint density at radius 2 is 2.15 bits per heavy atom. The van der Waals surface area contributed by atoms with E-state index in [9.17, 15) is 0 Å². The monoisotopic (exact) mass is 177 g/mol. The molecule has 1 aromatic rings. The first-order chi connectivity index (χ1) is 6.27. The third-order valence-corrected chi connectivity index (χ3v) is 2.78. The molecule has 0 radical (unpaired) electrons. The van der Waals surface area contributed by atoms with Crippen molar-refractivity contribution < 1.29 is 1.43 Å². The van der Waals surface area contributed by atoms with Crippen LogP contribution in [0.25, 0.3) is 0 Å². The molecule has 2 rings (SSSR count). The topological polar surface area (TPSA) is 12.0 Å². The van der Waals surface area contributed by atoms with Crippen LogP contribution in [0.5, 0.6) is 0 Å². The second kappa shape index (κ2) is 3.51. The van der Waals surface area contributed by atoms with Crippen molar-refractivity contribution in [3.8, 4) is 0 Å². The van der Waals surface area contributed by atoms with Crippen molar-refractivity contribution in [3.63, 3.8) is 0 Å². The highest BCUT2D eigenvalue weighted by molar-refractivity contribution is 5.34. The largest absolute Gasteiger partial charge is 0.312 e. The molecule has 0 amide bonds. The van der Waals surface area contributed by atoms with E-state index >= 15 is 0 Å². The van der Waals surface area contributed by atoms with E-state index in [-0.39, 0.29) is 1.43 Å². The quantitative estimate of drug-likeness (QED) is 0.695. The Labute approximate surface area is 81.6 Å². The molecule has 0 bridgehead atoms. The van der Waals surface area contributed by atoms with Crippen LogP contribution < -0.4 is 5.32 Å². The number of hydrogen-bond acceptors (Lipinski definition) is 1. The van der Waals surface area contributed by atoms with Crippen molar-refractivity contribution in [1.82, 2.24) is 5.32 Å². The zero-order valence-corrected chi connectivity index (χ0v) is 8.43. The molecular weight excluding hydrogens is 158 g/mol. The Hall–Kier alpha value is -0.820. The van der Waals surface area contributed by atoms with Gasteiger partial charge in [0.15, 0.2) is 0 Å². The van der Waals surface area contributed by atoms with Gasteiger partial charge in [0.2, 0.25) is 0 Å². The highest BCUT2D eigenvalue weighted by atomic mass is 14.9. The van der Waals surface area contributed by atoms with Crippen LogP contribution in [0.3, 0.4) is 0 Å². The maximum absolute atomic E-state index is 3.41. The summed E-state index contributed by atoms with van der Waals surface area (Å²) < 4.78 is 0. The minimum atomic E-state index is 0. The Balaban J connectivity index is 0.000000980. The van der Waals surface area contributed by atoms with Gasteiger partial charge in [0.25, 0.3) is 0 Å². The zero-order valence-electron chi connectivity index (χ0n) is 8.43. The predicted molar refractivity (Wildman–Crippen MR) is 58.1 cm³/mol. The highest BCUT2D eigenvalue weighted by Gasteiger charge is 2.09. The first-order valence-corrected chi connectivity index (χ1v) is 5.10. The first-order valence-electron chi connectivity index (χ1n) is 5.10. The smallest absolute Gasteiger partial charge is 0.0208 e. The number of fused-ring (bicyclic) bond motifs is 1. The van der Waals surface area contributed by atoms with Crippen molar-refractivity contribution in [2.75, 3.05) is 6.54 Å². The summed E-state index contributed by atoms with van der Waals surface area (Å²) in [5.74, 6) is 0.646. The molecule has 13 heavy (non-hydrogen) atoms. The van der Waals surface area contributed by atoms with Gasteiger partial charge >= 0.3 is 0 Å². The lowest BCUT2D eigenvalue weighted by molar-refractivity contribution is 0.641. The Morgan fingerprint density at radius 1 is 1.31 bits per heavy atom. The van der Waals surface area contributed by atoms with Gasteiger partial charge in [-0.05, 0) is 35.6 Å². The molecule has 0 atom stereocenters. The van der Waals surface area contributed by atoms with Crippen LogP contribution in [-0.4, -0.2) is 6.54 Å². The van der Waals surface area contributed by atoms with Crippen LogP contribution in [0.15, 0.2) is 18.2 Å². The number of hydrogen-bond donors (Lipinski definition) is 1. The molecule has 1 N–H and O–H groups in total. The third-order valence-electron chi connectivity index (χ3n) is 2.78. The van der Waals surface area contributed by atoms with E-state index in [1.807, 2.05) is 0 Å². The molecule has 1 nitrogen and oxygen atoms in total. The molecule has 0 fully saturated rings. The van der Waals surface area contributed by atoms with Crippen LogP contribution in [0.2, 0.25) is 0 Å². The molecule has 0 unspecified atom stereocenters. The molecule has 0 saturated carbocycles. The van der Waals surface area contributed by atoms with E-state index in [4.69, 9.17) is 0 Å². The van der Waals surface area contributed by atoms with Crippen LogP contribution in [0, 0.1) is 0 Å². The van der Waals surface area contributed by atoms with E-state index in [1.54, 1.807) is 0 Å². The molecule has 0 aromatic heterocycles. The second-order valence-electron chi connectivity index (χ2n) is 4.11. The van der Waals surface area contributed by atoms with E-state index in [0.717, 1.165) is 13.1 Å². The molecule has 0 spiro atoms. The normalized spacial score (nSPS) is 15.9. The van der Waals surface area contributed by atoms with Gasteiger partial charge in [0, 0.05) is 7.97 Å². The Kier molecular flexibility index (Phi) is 2.36. The summed E-state index contributed by atoms with van der Waals surface area (Å²) in [4.78, 5) is 0.